The fraction of sp³-hybridized carbons (Fsp3) is 0.231. The van der Waals surface area contributed by atoms with Crippen LogP contribution in [0.1, 0.15) is 5.69 Å². The maximum atomic E-state index is 13.3. The average molecular weight is 314 g/mol. The molecule has 6 nitrogen and oxygen atoms in total. The van der Waals surface area contributed by atoms with Gasteiger partial charge in [0.15, 0.2) is 11.6 Å². The highest BCUT2D eigenvalue weighted by Crippen LogP contribution is 2.24. The zero-order valence-corrected chi connectivity index (χ0v) is 12.3. The first-order valence-electron chi connectivity index (χ1n) is 6.00. The number of aryl methyl sites for hydroxylation is 1. The summed E-state index contributed by atoms with van der Waals surface area (Å²) in [7, 11) is -0.899. The molecule has 1 aromatic carbocycles. The molecule has 0 radical (unpaired) electrons. The Morgan fingerprint density at radius 3 is 2.67 bits per heavy atom. The summed E-state index contributed by atoms with van der Waals surface area (Å²) in [4.78, 5) is 0.0114. The number of anilines is 1. The summed E-state index contributed by atoms with van der Waals surface area (Å²) in [5.41, 5.74) is 0.648. The van der Waals surface area contributed by atoms with Gasteiger partial charge in [0.1, 0.15) is 4.90 Å². The van der Waals surface area contributed by atoms with Gasteiger partial charge in [0.05, 0.1) is 19.4 Å². The minimum Gasteiger partial charge on any atom is -0.494 e. The molecule has 0 atom stereocenters. The second kappa shape index (κ2) is 5.74. The van der Waals surface area contributed by atoms with Gasteiger partial charge in [-0.1, -0.05) is 0 Å². The summed E-state index contributed by atoms with van der Waals surface area (Å²) in [5, 5.41) is 9.09. The first-order chi connectivity index (χ1) is 9.87. The van der Waals surface area contributed by atoms with Gasteiger partial charge < -0.3 is 14.4 Å². The lowest BCUT2D eigenvalue weighted by Gasteiger charge is -2.08. The number of aromatic nitrogens is 1. The van der Waals surface area contributed by atoms with E-state index in [0.29, 0.717) is 5.69 Å². The highest BCUT2D eigenvalue weighted by molar-refractivity contribution is 7.92. The van der Waals surface area contributed by atoms with Crippen molar-refractivity contribution in [3.8, 4) is 5.75 Å². The number of sulfonamides is 1. The summed E-state index contributed by atoms with van der Waals surface area (Å²) in [6.07, 6.45) is 1.38. The molecule has 0 bridgehead atoms. The van der Waals surface area contributed by atoms with Gasteiger partial charge in [-0.3, -0.25) is 4.72 Å². The van der Waals surface area contributed by atoms with Crippen molar-refractivity contribution in [2.75, 3.05) is 11.8 Å². The van der Waals surface area contributed by atoms with Crippen LogP contribution >= 0.6 is 0 Å². The normalized spacial score (nSPS) is 11.4. The molecule has 0 saturated carbocycles. The number of hydrogen-bond acceptors (Lipinski definition) is 4. The third kappa shape index (κ3) is 3.17. The number of rotatable bonds is 5. The summed E-state index contributed by atoms with van der Waals surface area (Å²) >= 11 is 0. The number of aliphatic hydroxyl groups excluding tert-OH is 1. The highest BCUT2D eigenvalue weighted by Gasteiger charge is 2.18. The van der Waals surface area contributed by atoms with E-state index < -0.39 is 15.8 Å². The summed E-state index contributed by atoms with van der Waals surface area (Å²) in [6.45, 7) is -0.267. The van der Waals surface area contributed by atoms with Crippen molar-refractivity contribution in [1.29, 1.82) is 0 Å². The molecule has 1 heterocycles. The molecule has 0 unspecified atom stereocenters. The van der Waals surface area contributed by atoms with E-state index in [4.69, 9.17) is 9.84 Å². The maximum Gasteiger partial charge on any atom is 0.263 e. The van der Waals surface area contributed by atoms with Gasteiger partial charge >= 0.3 is 0 Å². The summed E-state index contributed by atoms with van der Waals surface area (Å²) in [6, 6.07) is 5.03. The largest absolute Gasteiger partial charge is 0.494 e. The molecule has 0 aliphatic heterocycles. The fourth-order valence-corrected chi connectivity index (χ4v) is 2.96. The van der Waals surface area contributed by atoms with E-state index in [1.54, 1.807) is 7.05 Å². The predicted molar refractivity (Wildman–Crippen MR) is 75.1 cm³/mol. The van der Waals surface area contributed by atoms with Crippen LogP contribution in [0, 0.1) is 5.82 Å². The van der Waals surface area contributed by atoms with Crippen molar-refractivity contribution in [1.82, 2.24) is 4.57 Å². The molecule has 8 heteroatoms. The predicted octanol–water partition coefficient (Wildman–Crippen LogP) is 1.47. The Labute approximate surface area is 121 Å². The van der Waals surface area contributed by atoms with Crippen LogP contribution in [0.15, 0.2) is 35.4 Å². The van der Waals surface area contributed by atoms with Gasteiger partial charge in [-0.15, -0.1) is 0 Å². The summed E-state index contributed by atoms with van der Waals surface area (Å²) < 4.78 is 46.4. The molecule has 0 saturated heterocycles. The lowest BCUT2D eigenvalue weighted by atomic mass is 10.3. The molecular weight excluding hydrogens is 299 g/mol. The molecule has 114 valence electrons. The van der Waals surface area contributed by atoms with Gasteiger partial charge in [0.25, 0.3) is 10.0 Å². The quantitative estimate of drug-likeness (QED) is 0.875. The number of benzene rings is 1. The first kappa shape index (κ1) is 15.3. The van der Waals surface area contributed by atoms with E-state index in [-0.39, 0.29) is 22.9 Å². The first-order valence-corrected chi connectivity index (χ1v) is 7.48. The summed E-state index contributed by atoms with van der Waals surface area (Å²) in [5.74, 6) is -0.637. The van der Waals surface area contributed by atoms with Gasteiger partial charge in [-0.25, -0.2) is 12.8 Å². The van der Waals surface area contributed by atoms with Gasteiger partial charge in [0, 0.05) is 25.0 Å². The topological polar surface area (TPSA) is 80.6 Å². The third-order valence-electron chi connectivity index (χ3n) is 2.96. The monoisotopic (exact) mass is 314 g/mol. The molecular formula is C13H15FN2O4S. The zero-order valence-electron chi connectivity index (χ0n) is 11.5. The van der Waals surface area contributed by atoms with Gasteiger partial charge in [-0.05, 0) is 18.2 Å². The average Bonchev–Trinajstić information content (AvgIpc) is 2.82. The van der Waals surface area contributed by atoms with E-state index in [2.05, 4.69) is 4.72 Å². The van der Waals surface area contributed by atoms with Gasteiger partial charge in [-0.2, -0.15) is 0 Å². The Morgan fingerprint density at radius 2 is 2.10 bits per heavy atom. The SMILES string of the molecule is COc1cc(NS(=O)(=O)c2cc(CO)n(C)c2)ccc1F. The van der Waals surface area contributed by atoms with E-state index in [1.807, 2.05) is 0 Å². The van der Waals surface area contributed by atoms with Crippen molar-refractivity contribution >= 4 is 15.7 Å². The maximum absolute atomic E-state index is 13.3. The second-order valence-electron chi connectivity index (χ2n) is 4.39. The molecule has 0 aliphatic carbocycles. The van der Waals surface area contributed by atoms with Crippen molar-refractivity contribution in [2.24, 2.45) is 7.05 Å². The molecule has 1 aromatic heterocycles. The molecule has 0 amide bonds. The van der Waals surface area contributed by atoms with E-state index in [0.717, 1.165) is 6.07 Å². The molecule has 2 rings (SSSR count). The van der Waals surface area contributed by atoms with Crippen LogP contribution in [-0.4, -0.2) is 25.2 Å². The number of ether oxygens (including phenoxy) is 1. The third-order valence-corrected chi connectivity index (χ3v) is 4.31. The number of methoxy groups -OCH3 is 1. The number of aliphatic hydroxyl groups is 1. The van der Waals surface area contributed by atoms with Crippen molar-refractivity contribution < 1.29 is 22.7 Å². The number of nitrogens with one attached hydrogen (secondary N) is 1. The van der Waals surface area contributed by atoms with E-state index >= 15 is 0 Å². The van der Waals surface area contributed by atoms with Crippen LogP contribution in [0.2, 0.25) is 0 Å². The van der Waals surface area contributed by atoms with Gasteiger partial charge in [0.2, 0.25) is 0 Å². The van der Waals surface area contributed by atoms with Crippen LogP contribution in [0.25, 0.3) is 0 Å². The smallest absolute Gasteiger partial charge is 0.263 e. The standard InChI is InChI=1S/C13H15FN2O4S/c1-16-7-11(6-10(16)8-17)21(18,19)15-9-3-4-12(14)13(5-9)20-2/h3-7,15,17H,8H2,1-2H3. The van der Waals surface area contributed by atoms with Crippen molar-refractivity contribution in [2.45, 2.75) is 11.5 Å². The second-order valence-corrected chi connectivity index (χ2v) is 6.07. The van der Waals surface area contributed by atoms with Crippen LogP contribution < -0.4 is 9.46 Å². The van der Waals surface area contributed by atoms with Crippen LogP contribution in [0.4, 0.5) is 10.1 Å². The molecule has 2 aromatic rings. The zero-order chi connectivity index (χ0) is 15.6. The Hall–Kier alpha value is -2.06. The van der Waals surface area contributed by atoms with Crippen LogP contribution in [0.5, 0.6) is 5.75 Å². The Bertz CT molecular complexity index is 756. The Morgan fingerprint density at radius 1 is 1.38 bits per heavy atom. The number of nitrogens with zero attached hydrogens (tertiary/aromatic N) is 1. The lowest BCUT2D eigenvalue weighted by Crippen LogP contribution is -2.12. The molecule has 0 fully saturated rings. The molecule has 21 heavy (non-hydrogen) atoms. The van der Waals surface area contributed by atoms with Crippen LogP contribution in [-0.2, 0) is 23.7 Å². The van der Waals surface area contributed by atoms with E-state index in [1.165, 1.54) is 36.1 Å². The Balaban J connectivity index is 2.32. The van der Waals surface area contributed by atoms with E-state index in [9.17, 15) is 12.8 Å². The highest BCUT2D eigenvalue weighted by atomic mass is 32.2. The molecule has 0 spiro atoms. The lowest BCUT2D eigenvalue weighted by molar-refractivity contribution is 0.272. The molecule has 0 aliphatic rings. The number of halogens is 1. The fourth-order valence-electron chi connectivity index (χ4n) is 1.82. The number of hydrogen-bond donors (Lipinski definition) is 2. The van der Waals surface area contributed by atoms with Crippen LogP contribution in [0.3, 0.4) is 0 Å². The minimum absolute atomic E-state index is 0.0114. The van der Waals surface area contributed by atoms with Crippen molar-refractivity contribution in [3.63, 3.8) is 0 Å². The van der Waals surface area contributed by atoms with Crippen molar-refractivity contribution in [3.05, 3.63) is 42.0 Å². The minimum atomic E-state index is -3.82. The Kier molecular flexibility index (Phi) is 4.19. The molecule has 2 N–H and O–H groups in total.